The third-order valence-corrected chi connectivity index (χ3v) is 2.94. The molecule has 1 rings (SSSR count). The molecule has 17 heavy (non-hydrogen) atoms. The maximum absolute atomic E-state index is 10.8. The Hall–Kier alpha value is -1.22. The van der Waals surface area contributed by atoms with Crippen LogP contribution in [0.2, 0.25) is 5.02 Å². The molecular weight excluding hydrogens is 240 g/mol. The molecule has 0 bridgehead atoms. The third-order valence-electron chi connectivity index (χ3n) is 2.70. The van der Waals surface area contributed by atoms with Crippen LogP contribution in [0.4, 0.5) is 0 Å². The average Bonchev–Trinajstić information content (AvgIpc) is 2.26. The number of carboxylic acids is 1. The molecule has 0 aliphatic heterocycles. The van der Waals surface area contributed by atoms with Gasteiger partial charge in [-0.2, -0.15) is 0 Å². The number of aliphatic carboxylic acids is 1. The Morgan fingerprint density at radius 3 is 2.76 bits per heavy atom. The summed E-state index contributed by atoms with van der Waals surface area (Å²) in [4.78, 5) is 10.8. The van der Waals surface area contributed by atoms with Crippen LogP contribution in [0.15, 0.2) is 18.2 Å². The van der Waals surface area contributed by atoms with Gasteiger partial charge in [0.25, 0.3) is 0 Å². The third kappa shape index (κ3) is 4.27. The summed E-state index contributed by atoms with van der Waals surface area (Å²) in [5.74, 6) is -0.332. The van der Waals surface area contributed by atoms with Crippen molar-refractivity contribution in [3.05, 3.63) is 28.8 Å². The fraction of sp³-hybridized carbons (Fsp3) is 0.462. The van der Waals surface area contributed by atoms with E-state index < -0.39 is 5.97 Å². The van der Waals surface area contributed by atoms with E-state index in [2.05, 4.69) is 0 Å². The van der Waals surface area contributed by atoms with Crippen molar-refractivity contribution in [1.82, 2.24) is 0 Å². The lowest BCUT2D eigenvalue weighted by Crippen LogP contribution is -2.16. The van der Waals surface area contributed by atoms with Crippen molar-refractivity contribution in [3.63, 3.8) is 0 Å². The summed E-state index contributed by atoms with van der Waals surface area (Å²) in [6, 6.07) is 5.39. The van der Waals surface area contributed by atoms with Crippen LogP contribution in [-0.4, -0.2) is 17.7 Å². The molecule has 0 radical (unpaired) electrons. The van der Waals surface area contributed by atoms with Crippen LogP contribution in [0.5, 0.6) is 5.75 Å². The van der Waals surface area contributed by atoms with Gasteiger partial charge in [-0.3, -0.25) is 4.79 Å². The summed E-state index contributed by atoms with van der Waals surface area (Å²) < 4.78 is 5.55. The standard InChI is InChI=1S/C13H17ClO3/c1-3-10(13(15)16)6-7-17-12-5-4-11(14)8-9(12)2/h4-5,8,10H,3,6-7H2,1-2H3,(H,15,16). The normalized spacial score (nSPS) is 12.2. The Bertz CT molecular complexity index is 390. The van der Waals surface area contributed by atoms with E-state index in [1.165, 1.54) is 0 Å². The molecule has 0 saturated heterocycles. The second-order valence-electron chi connectivity index (χ2n) is 3.99. The molecule has 1 aromatic carbocycles. The lowest BCUT2D eigenvalue weighted by atomic mass is 10.0. The smallest absolute Gasteiger partial charge is 0.306 e. The summed E-state index contributed by atoms with van der Waals surface area (Å²) in [5.41, 5.74) is 0.959. The number of rotatable bonds is 6. The van der Waals surface area contributed by atoms with Gasteiger partial charge < -0.3 is 9.84 Å². The molecule has 1 atom stereocenters. The quantitative estimate of drug-likeness (QED) is 0.847. The van der Waals surface area contributed by atoms with Crippen molar-refractivity contribution in [1.29, 1.82) is 0 Å². The lowest BCUT2D eigenvalue weighted by Gasteiger charge is -2.12. The van der Waals surface area contributed by atoms with Crippen molar-refractivity contribution in [2.75, 3.05) is 6.61 Å². The largest absolute Gasteiger partial charge is 0.493 e. The monoisotopic (exact) mass is 256 g/mol. The zero-order chi connectivity index (χ0) is 12.8. The van der Waals surface area contributed by atoms with E-state index in [0.29, 0.717) is 24.5 Å². The molecule has 1 aromatic rings. The molecule has 1 unspecified atom stereocenters. The minimum atomic E-state index is -0.760. The average molecular weight is 257 g/mol. The van der Waals surface area contributed by atoms with E-state index in [-0.39, 0.29) is 5.92 Å². The predicted molar refractivity (Wildman–Crippen MR) is 67.7 cm³/mol. The lowest BCUT2D eigenvalue weighted by molar-refractivity contribution is -0.142. The molecule has 0 saturated carbocycles. The van der Waals surface area contributed by atoms with Crippen LogP contribution in [0.1, 0.15) is 25.3 Å². The van der Waals surface area contributed by atoms with Gasteiger partial charge in [0.15, 0.2) is 0 Å². The highest BCUT2D eigenvalue weighted by Crippen LogP contribution is 2.22. The molecule has 3 nitrogen and oxygen atoms in total. The van der Waals surface area contributed by atoms with Crippen LogP contribution in [0, 0.1) is 12.8 Å². The van der Waals surface area contributed by atoms with E-state index in [1.807, 2.05) is 19.9 Å². The van der Waals surface area contributed by atoms with E-state index in [1.54, 1.807) is 12.1 Å². The maximum atomic E-state index is 10.8. The van der Waals surface area contributed by atoms with Crippen LogP contribution in [0.25, 0.3) is 0 Å². The Morgan fingerprint density at radius 2 is 2.24 bits per heavy atom. The first-order chi connectivity index (χ1) is 8.04. The van der Waals surface area contributed by atoms with Crippen molar-refractivity contribution in [2.24, 2.45) is 5.92 Å². The number of halogens is 1. The predicted octanol–water partition coefficient (Wildman–Crippen LogP) is 3.53. The van der Waals surface area contributed by atoms with E-state index in [9.17, 15) is 4.79 Å². The molecule has 0 aliphatic carbocycles. The van der Waals surface area contributed by atoms with Gasteiger partial charge in [-0.25, -0.2) is 0 Å². The number of carbonyl (C=O) groups is 1. The fourth-order valence-electron chi connectivity index (χ4n) is 1.59. The van der Waals surface area contributed by atoms with Crippen LogP contribution in [0.3, 0.4) is 0 Å². The summed E-state index contributed by atoms with van der Waals surface area (Å²) in [6.07, 6.45) is 1.15. The summed E-state index contributed by atoms with van der Waals surface area (Å²) in [7, 11) is 0. The number of carboxylic acid groups (broad SMARTS) is 1. The molecule has 0 spiro atoms. The topological polar surface area (TPSA) is 46.5 Å². The van der Waals surface area contributed by atoms with Gasteiger partial charge in [0.1, 0.15) is 5.75 Å². The molecular formula is C13H17ClO3. The van der Waals surface area contributed by atoms with Gasteiger partial charge in [0.2, 0.25) is 0 Å². The number of aryl methyl sites for hydroxylation is 1. The molecule has 0 aromatic heterocycles. The number of benzene rings is 1. The highest BCUT2D eigenvalue weighted by molar-refractivity contribution is 6.30. The summed E-state index contributed by atoms with van der Waals surface area (Å²) in [5, 5.41) is 9.56. The molecule has 1 N–H and O–H groups in total. The zero-order valence-corrected chi connectivity index (χ0v) is 10.8. The summed E-state index contributed by atoms with van der Waals surface area (Å²) >= 11 is 5.83. The first-order valence-corrected chi connectivity index (χ1v) is 6.04. The molecule has 0 heterocycles. The van der Waals surface area contributed by atoms with Crippen molar-refractivity contribution in [3.8, 4) is 5.75 Å². The van der Waals surface area contributed by atoms with E-state index in [4.69, 9.17) is 21.4 Å². The molecule has 94 valence electrons. The van der Waals surface area contributed by atoms with Gasteiger partial charge in [-0.1, -0.05) is 18.5 Å². The molecule has 0 amide bonds. The maximum Gasteiger partial charge on any atom is 0.306 e. The zero-order valence-electron chi connectivity index (χ0n) is 10.1. The first kappa shape index (κ1) is 13.8. The SMILES string of the molecule is CCC(CCOc1ccc(Cl)cc1C)C(=O)O. The molecule has 0 fully saturated rings. The number of hydrogen-bond acceptors (Lipinski definition) is 2. The highest BCUT2D eigenvalue weighted by atomic mass is 35.5. The minimum Gasteiger partial charge on any atom is -0.493 e. The number of ether oxygens (including phenoxy) is 1. The Labute approximate surface area is 106 Å². The van der Waals surface area contributed by atoms with Crippen molar-refractivity contribution >= 4 is 17.6 Å². The molecule has 0 aliphatic rings. The van der Waals surface area contributed by atoms with Gasteiger partial charge >= 0.3 is 5.97 Å². The second-order valence-corrected chi connectivity index (χ2v) is 4.43. The highest BCUT2D eigenvalue weighted by Gasteiger charge is 2.14. The first-order valence-electron chi connectivity index (χ1n) is 5.66. The Kier molecular flexibility index (Phi) is 5.29. The molecule has 4 heteroatoms. The van der Waals surface area contributed by atoms with Crippen LogP contribution >= 0.6 is 11.6 Å². The van der Waals surface area contributed by atoms with Crippen molar-refractivity contribution < 1.29 is 14.6 Å². The van der Waals surface area contributed by atoms with Gasteiger partial charge in [-0.15, -0.1) is 0 Å². The summed E-state index contributed by atoms with van der Waals surface area (Å²) in [6.45, 7) is 4.19. The van der Waals surface area contributed by atoms with Gasteiger partial charge in [0.05, 0.1) is 12.5 Å². The van der Waals surface area contributed by atoms with Crippen molar-refractivity contribution in [2.45, 2.75) is 26.7 Å². The van der Waals surface area contributed by atoms with Gasteiger partial charge in [-0.05, 0) is 43.5 Å². The second kappa shape index (κ2) is 6.50. The fourth-order valence-corrected chi connectivity index (χ4v) is 1.81. The Balaban J connectivity index is 2.48. The number of hydrogen-bond donors (Lipinski definition) is 1. The van der Waals surface area contributed by atoms with E-state index >= 15 is 0 Å². The van der Waals surface area contributed by atoms with E-state index in [0.717, 1.165) is 11.3 Å². The Morgan fingerprint density at radius 1 is 1.53 bits per heavy atom. The minimum absolute atomic E-state index is 0.331. The van der Waals surface area contributed by atoms with Crippen LogP contribution < -0.4 is 4.74 Å². The van der Waals surface area contributed by atoms with Gasteiger partial charge in [0, 0.05) is 5.02 Å². The van der Waals surface area contributed by atoms with Crippen LogP contribution in [-0.2, 0) is 4.79 Å².